The number of hydrogen-bond donors (Lipinski definition) is 5. The fourth-order valence-electron chi connectivity index (χ4n) is 4.74. The highest BCUT2D eigenvalue weighted by atomic mass is 16.6. The Morgan fingerprint density at radius 3 is 2.68 bits per heavy atom. The van der Waals surface area contributed by atoms with Crippen LogP contribution in [0.25, 0.3) is 33.0 Å². The number of aromatic nitrogens is 5. The van der Waals surface area contributed by atoms with Crippen molar-refractivity contribution >= 4 is 44.5 Å². The molecule has 7 N–H and O–H groups in total. The van der Waals surface area contributed by atoms with Gasteiger partial charge in [-0.1, -0.05) is 24.3 Å². The van der Waals surface area contributed by atoms with Crippen LogP contribution < -0.4 is 16.8 Å². The molecule has 1 saturated heterocycles. The largest absolute Gasteiger partial charge is 0.399 e. The molecule has 0 saturated carbocycles. The number of imidazole rings is 1. The number of nitrogens with zero attached hydrogens (tertiary/aromatic N) is 5. The second-order valence-corrected chi connectivity index (χ2v) is 8.46. The van der Waals surface area contributed by atoms with Crippen LogP contribution in [0.2, 0.25) is 0 Å². The molecular formula is C23H24N8O3. The molecule has 4 unspecified atom stereocenters. The molecule has 0 aliphatic carbocycles. The molecule has 1 aliphatic rings. The average molecular weight is 460 g/mol. The zero-order valence-electron chi connectivity index (χ0n) is 18.1. The van der Waals surface area contributed by atoms with E-state index in [2.05, 4.69) is 37.0 Å². The number of nitrogens with two attached hydrogens (primary N) is 2. The van der Waals surface area contributed by atoms with E-state index >= 15 is 0 Å². The number of nitrogen functional groups attached to an aromatic ring is 2. The van der Waals surface area contributed by atoms with Crippen molar-refractivity contribution in [2.45, 2.75) is 31.2 Å². The Kier molecular flexibility index (Phi) is 4.85. The van der Waals surface area contributed by atoms with Gasteiger partial charge < -0.3 is 31.0 Å². The second-order valence-electron chi connectivity index (χ2n) is 8.46. The molecule has 5 aromatic rings. The molecule has 34 heavy (non-hydrogen) atoms. The van der Waals surface area contributed by atoms with Crippen molar-refractivity contribution in [3.8, 4) is 0 Å². The molecule has 3 aromatic heterocycles. The molecule has 174 valence electrons. The maximum Gasteiger partial charge on any atom is 0.167 e. The number of aliphatic hydroxyl groups is 2. The number of nitrogens with one attached hydrogen (secondary N) is 1. The van der Waals surface area contributed by atoms with E-state index in [4.69, 9.17) is 16.2 Å². The summed E-state index contributed by atoms with van der Waals surface area (Å²) in [6.45, 7) is 0.785. The van der Waals surface area contributed by atoms with Crippen LogP contribution in [-0.4, -0.2) is 59.2 Å². The number of benzene rings is 2. The van der Waals surface area contributed by atoms with E-state index in [-0.39, 0.29) is 5.82 Å². The Balaban J connectivity index is 1.22. The lowest BCUT2D eigenvalue weighted by Crippen LogP contribution is -2.38. The molecular weight excluding hydrogens is 436 g/mol. The minimum Gasteiger partial charge on any atom is -0.399 e. The van der Waals surface area contributed by atoms with Crippen LogP contribution in [0.5, 0.6) is 0 Å². The van der Waals surface area contributed by atoms with E-state index in [9.17, 15) is 10.2 Å². The number of para-hydroxylation sites is 1. The molecule has 11 heteroatoms. The van der Waals surface area contributed by atoms with Crippen LogP contribution >= 0.6 is 0 Å². The highest BCUT2D eigenvalue weighted by Gasteiger charge is 2.44. The number of fused-ring (bicyclic) bond motifs is 4. The number of hydrogen-bond acceptors (Lipinski definition) is 9. The van der Waals surface area contributed by atoms with E-state index in [0.29, 0.717) is 30.1 Å². The van der Waals surface area contributed by atoms with Gasteiger partial charge in [-0.3, -0.25) is 9.88 Å². The Hall–Kier alpha value is -3.77. The quantitative estimate of drug-likeness (QED) is 0.241. The second kappa shape index (κ2) is 7.92. The number of ether oxygens (including phenoxy) is 1. The molecule has 1 aliphatic heterocycles. The standard InChI is InChI=1S/C23H24N8O3/c24-12-5-6-14-13-3-1-2-4-15(13)30(16(14)7-12)10-26-8-17-19(32)20(33)23(34-17)31-11-29-18-21(25)27-9-28-22(18)31/h1-7,9,11,17,19-20,23,26,32-33H,8,10,24H2,(H2,25,27,28). The lowest BCUT2D eigenvalue weighted by molar-refractivity contribution is -0.0345. The first-order valence-corrected chi connectivity index (χ1v) is 10.9. The van der Waals surface area contributed by atoms with Crippen molar-refractivity contribution in [1.82, 2.24) is 29.4 Å². The van der Waals surface area contributed by atoms with Gasteiger partial charge in [0.1, 0.15) is 30.2 Å². The van der Waals surface area contributed by atoms with Crippen LogP contribution in [-0.2, 0) is 11.4 Å². The first kappa shape index (κ1) is 20.8. The number of rotatable bonds is 5. The van der Waals surface area contributed by atoms with E-state index in [1.807, 2.05) is 30.3 Å². The Morgan fingerprint density at radius 2 is 1.79 bits per heavy atom. The number of anilines is 2. The molecule has 0 bridgehead atoms. The third-order valence-electron chi connectivity index (χ3n) is 6.41. The van der Waals surface area contributed by atoms with E-state index in [1.54, 1.807) is 4.57 Å². The maximum absolute atomic E-state index is 10.7. The Labute approximate surface area is 193 Å². The Bertz CT molecular complexity index is 1510. The van der Waals surface area contributed by atoms with Crippen molar-refractivity contribution in [2.75, 3.05) is 18.0 Å². The molecule has 0 amide bonds. The summed E-state index contributed by atoms with van der Waals surface area (Å²) >= 11 is 0. The van der Waals surface area contributed by atoms with Gasteiger partial charge in [-0.25, -0.2) is 15.0 Å². The summed E-state index contributed by atoms with van der Waals surface area (Å²) in [5.74, 6) is 0.238. The summed E-state index contributed by atoms with van der Waals surface area (Å²) < 4.78 is 9.73. The first-order valence-electron chi connectivity index (χ1n) is 10.9. The highest BCUT2D eigenvalue weighted by molar-refractivity contribution is 6.08. The monoisotopic (exact) mass is 460 g/mol. The van der Waals surface area contributed by atoms with Gasteiger partial charge in [0, 0.05) is 23.0 Å². The van der Waals surface area contributed by atoms with Crippen molar-refractivity contribution in [2.24, 2.45) is 0 Å². The van der Waals surface area contributed by atoms with Gasteiger partial charge >= 0.3 is 0 Å². The van der Waals surface area contributed by atoms with Gasteiger partial charge in [0.2, 0.25) is 0 Å². The van der Waals surface area contributed by atoms with Crippen LogP contribution in [0.4, 0.5) is 11.5 Å². The van der Waals surface area contributed by atoms with Crippen molar-refractivity contribution < 1.29 is 14.9 Å². The van der Waals surface area contributed by atoms with Crippen LogP contribution in [0.1, 0.15) is 6.23 Å². The van der Waals surface area contributed by atoms with Gasteiger partial charge in [0.25, 0.3) is 0 Å². The third kappa shape index (κ3) is 3.17. The zero-order chi connectivity index (χ0) is 23.4. The van der Waals surface area contributed by atoms with E-state index in [1.165, 1.54) is 12.7 Å². The highest BCUT2D eigenvalue weighted by Crippen LogP contribution is 2.32. The lowest BCUT2D eigenvalue weighted by atomic mass is 10.1. The van der Waals surface area contributed by atoms with Crippen LogP contribution in [0.3, 0.4) is 0 Å². The van der Waals surface area contributed by atoms with E-state index < -0.39 is 24.5 Å². The summed E-state index contributed by atoms with van der Waals surface area (Å²) in [5, 5.41) is 27.0. The molecule has 0 spiro atoms. The molecule has 0 radical (unpaired) electrons. The van der Waals surface area contributed by atoms with Crippen molar-refractivity contribution in [3.05, 3.63) is 55.1 Å². The fourth-order valence-corrected chi connectivity index (χ4v) is 4.74. The molecule has 2 aromatic carbocycles. The summed E-state index contributed by atoms with van der Waals surface area (Å²) in [5.41, 5.74) is 15.5. The van der Waals surface area contributed by atoms with Gasteiger partial charge in [0.15, 0.2) is 17.7 Å². The average Bonchev–Trinajstić information content (AvgIpc) is 3.48. The molecule has 1 fully saturated rings. The zero-order valence-corrected chi connectivity index (χ0v) is 18.1. The van der Waals surface area contributed by atoms with Gasteiger partial charge in [-0.15, -0.1) is 0 Å². The van der Waals surface area contributed by atoms with Crippen LogP contribution in [0.15, 0.2) is 55.1 Å². The van der Waals surface area contributed by atoms with Gasteiger partial charge in [-0.05, 0) is 18.2 Å². The summed E-state index contributed by atoms with van der Waals surface area (Å²) in [7, 11) is 0. The molecule has 4 atom stereocenters. The van der Waals surface area contributed by atoms with Gasteiger partial charge in [-0.2, -0.15) is 0 Å². The predicted octanol–water partition coefficient (Wildman–Crippen LogP) is 0.965. The molecule has 6 rings (SSSR count). The van der Waals surface area contributed by atoms with Crippen molar-refractivity contribution in [3.63, 3.8) is 0 Å². The summed E-state index contributed by atoms with van der Waals surface area (Å²) in [6, 6.07) is 14.0. The molecule has 11 nitrogen and oxygen atoms in total. The Morgan fingerprint density at radius 1 is 0.971 bits per heavy atom. The molecule has 4 heterocycles. The minimum absolute atomic E-state index is 0.238. The minimum atomic E-state index is -1.16. The van der Waals surface area contributed by atoms with Crippen LogP contribution in [0, 0.1) is 0 Å². The van der Waals surface area contributed by atoms with E-state index in [0.717, 1.165) is 21.8 Å². The maximum atomic E-state index is 10.7. The fraction of sp³-hybridized carbons (Fsp3) is 0.261. The smallest absolute Gasteiger partial charge is 0.167 e. The van der Waals surface area contributed by atoms with Crippen molar-refractivity contribution in [1.29, 1.82) is 0 Å². The predicted molar refractivity (Wildman–Crippen MR) is 128 cm³/mol. The number of aliphatic hydroxyl groups excluding tert-OH is 2. The lowest BCUT2D eigenvalue weighted by Gasteiger charge is -2.17. The normalized spacial score (nSPS) is 22.9. The first-order chi connectivity index (χ1) is 16.5. The third-order valence-corrected chi connectivity index (χ3v) is 6.41. The topological polar surface area (TPSA) is 162 Å². The van der Waals surface area contributed by atoms with Gasteiger partial charge in [0.05, 0.1) is 24.0 Å². The summed E-state index contributed by atoms with van der Waals surface area (Å²) in [6.07, 6.45) is -0.944. The SMILES string of the molecule is Nc1ccc2c3ccccc3n(CNCC3OC(n4cnc5c(N)ncnc54)C(O)C3O)c2c1. The summed E-state index contributed by atoms with van der Waals surface area (Å²) in [4.78, 5) is 12.3.